The molecule has 2 aromatic rings. The Labute approximate surface area is 160 Å². The summed E-state index contributed by atoms with van der Waals surface area (Å²) in [6, 6.07) is 14.3. The Balaban J connectivity index is 1.95. The van der Waals surface area contributed by atoms with Crippen LogP contribution in [0.2, 0.25) is 0 Å². The summed E-state index contributed by atoms with van der Waals surface area (Å²) >= 11 is 0. The number of hydrogen-bond acceptors (Lipinski definition) is 5. The van der Waals surface area contributed by atoms with Crippen LogP contribution in [0.1, 0.15) is 31.0 Å². The summed E-state index contributed by atoms with van der Waals surface area (Å²) in [5, 5.41) is 10.8. The Morgan fingerprint density at radius 1 is 1.19 bits per heavy atom. The molecule has 3 rings (SSSR count). The Morgan fingerprint density at radius 3 is 2.48 bits per heavy atom. The quantitative estimate of drug-likeness (QED) is 0.848. The van der Waals surface area contributed by atoms with E-state index in [2.05, 4.69) is 0 Å². The number of nitrogens with zero attached hydrogens (tertiary/aromatic N) is 1. The predicted molar refractivity (Wildman–Crippen MR) is 103 cm³/mol. The zero-order valence-corrected chi connectivity index (χ0v) is 16.7. The molecule has 1 N–H and O–H groups in total. The van der Waals surface area contributed by atoms with Gasteiger partial charge >= 0.3 is 0 Å². The van der Waals surface area contributed by atoms with Gasteiger partial charge < -0.3 is 14.6 Å². The highest BCUT2D eigenvalue weighted by Gasteiger charge is 2.46. The van der Waals surface area contributed by atoms with Gasteiger partial charge in [-0.05, 0) is 37.6 Å². The number of fused-ring (bicyclic) bond motifs is 1. The van der Waals surface area contributed by atoms with Crippen molar-refractivity contribution in [2.75, 3.05) is 13.3 Å². The van der Waals surface area contributed by atoms with Crippen molar-refractivity contribution in [2.45, 2.75) is 38.2 Å². The van der Waals surface area contributed by atoms with E-state index in [-0.39, 0.29) is 0 Å². The van der Waals surface area contributed by atoms with E-state index in [1.807, 2.05) is 30.3 Å². The second kappa shape index (κ2) is 7.14. The van der Waals surface area contributed by atoms with E-state index in [0.29, 0.717) is 23.7 Å². The number of aliphatic hydroxyl groups is 1. The second-order valence-corrected chi connectivity index (χ2v) is 9.39. The van der Waals surface area contributed by atoms with Gasteiger partial charge in [-0.15, -0.1) is 0 Å². The molecule has 2 atom stereocenters. The molecule has 1 aliphatic rings. The summed E-state index contributed by atoms with van der Waals surface area (Å²) in [5.74, 6) is 1.12. The van der Waals surface area contributed by atoms with E-state index >= 15 is 0 Å². The van der Waals surface area contributed by atoms with Crippen LogP contribution < -0.4 is 9.47 Å². The van der Waals surface area contributed by atoms with Crippen LogP contribution in [0.4, 0.5) is 0 Å². The molecular formula is C20H25NO5S. The Hall–Kier alpha value is -2.09. The van der Waals surface area contributed by atoms with Gasteiger partial charge in [0.15, 0.2) is 0 Å². The number of sulfonamides is 1. The third-order valence-electron chi connectivity index (χ3n) is 4.85. The van der Waals surface area contributed by atoms with Gasteiger partial charge in [-0.3, -0.25) is 0 Å². The van der Waals surface area contributed by atoms with Gasteiger partial charge in [0.05, 0.1) is 12.3 Å². The van der Waals surface area contributed by atoms with E-state index in [1.54, 1.807) is 32.0 Å². The van der Waals surface area contributed by atoms with Crippen molar-refractivity contribution >= 4 is 10.0 Å². The van der Waals surface area contributed by atoms with Crippen LogP contribution in [0.15, 0.2) is 48.5 Å². The lowest BCUT2D eigenvalue weighted by molar-refractivity contribution is -0.0763. The molecule has 0 unspecified atom stereocenters. The Morgan fingerprint density at radius 2 is 1.85 bits per heavy atom. The first-order valence-electron chi connectivity index (χ1n) is 8.70. The predicted octanol–water partition coefficient (Wildman–Crippen LogP) is 2.73. The smallest absolute Gasteiger partial charge is 0.211 e. The molecular weight excluding hydrogens is 366 g/mol. The minimum absolute atomic E-state index is 0.390. The van der Waals surface area contributed by atoms with Crippen LogP contribution in [-0.4, -0.2) is 42.8 Å². The molecule has 0 aliphatic carbocycles. The lowest BCUT2D eigenvalue weighted by Crippen LogP contribution is -2.53. The number of likely N-dealkylation sites (N-methyl/N-ethyl adjacent to an activating group) is 1. The molecule has 0 bridgehead atoms. The van der Waals surface area contributed by atoms with Gasteiger partial charge in [-0.1, -0.05) is 30.3 Å². The molecule has 0 aromatic heterocycles. The fourth-order valence-corrected chi connectivity index (χ4v) is 3.82. The summed E-state index contributed by atoms with van der Waals surface area (Å²) in [7, 11) is -2.06. The van der Waals surface area contributed by atoms with Crippen molar-refractivity contribution in [3.63, 3.8) is 0 Å². The van der Waals surface area contributed by atoms with E-state index in [9.17, 15) is 13.5 Å². The maximum absolute atomic E-state index is 12.1. The molecule has 0 amide bonds. The first kappa shape index (κ1) is 19.7. The molecule has 0 radical (unpaired) electrons. The zero-order chi connectivity index (χ0) is 19.8. The summed E-state index contributed by atoms with van der Waals surface area (Å²) in [6.45, 7) is 3.87. The fourth-order valence-electron chi connectivity index (χ4n) is 3.18. The molecule has 0 spiro atoms. The third-order valence-corrected chi connectivity index (χ3v) is 6.12. The van der Waals surface area contributed by atoms with Crippen LogP contribution in [0.3, 0.4) is 0 Å². The summed E-state index contributed by atoms with van der Waals surface area (Å²) in [4.78, 5) is 0. The highest BCUT2D eigenvalue weighted by molar-refractivity contribution is 7.88. The van der Waals surface area contributed by atoms with Crippen LogP contribution in [0.25, 0.3) is 0 Å². The van der Waals surface area contributed by atoms with Crippen LogP contribution in [0.5, 0.6) is 11.5 Å². The van der Waals surface area contributed by atoms with Crippen molar-refractivity contribution in [3.05, 3.63) is 59.7 Å². The Kier molecular flexibility index (Phi) is 5.20. The molecule has 27 heavy (non-hydrogen) atoms. The number of ether oxygens (including phenoxy) is 2. The maximum Gasteiger partial charge on any atom is 0.211 e. The highest BCUT2D eigenvalue weighted by Crippen LogP contribution is 2.44. The highest BCUT2D eigenvalue weighted by atomic mass is 32.2. The Bertz CT molecular complexity index is 911. The lowest BCUT2D eigenvalue weighted by Gasteiger charge is -2.44. The average molecular weight is 391 g/mol. The minimum atomic E-state index is -3.52. The largest absolute Gasteiger partial charge is 0.489 e. The third kappa shape index (κ3) is 4.10. The summed E-state index contributed by atoms with van der Waals surface area (Å²) < 4.78 is 37.2. The average Bonchev–Trinajstić information content (AvgIpc) is 2.60. The molecule has 0 fully saturated rings. The summed E-state index contributed by atoms with van der Waals surface area (Å²) in [6.07, 6.45) is 0.0894. The molecule has 146 valence electrons. The van der Waals surface area contributed by atoms with Gasteiger partial charge in [0.25, 0.3) is 0 Å². The number of rotatable bonds is 5. The lowest BCUT2D eigenvalue weighted by atomic mass is 9.86. The van der Waals surface area contributed by atoms with Gasteiger partial charge in [0.2, 0.25) is 10.0 Å². The molecule has 0 saturated heterocycles. The zero-order valence-electron chi connectivity index (χ0n) is 15.9. The first-order valence-corrected chi connectivity index (χ1v) is 10.6. The molecule has 0 saturated carbocycles. The standard InChI is InChI=1S/C20H25NO5S/c1-20(2)19(22)18(21(3)27(4,23)24)16-12-15(10-11-17(16)26-20)25-13-14-8-6-5-7-9-14/h5-12,18-19,22H,13H2,1-4H3/t18-,19+/m1/s1. The second-order valence-electron chi connectivity index (χ2n) is 7.35. The van der Waals surface area contributed by atoms with E-state index in [4.69, 9.17) is 9.47 Å². The molecule has 1 heterocycles. The van der Waals surface area contributed by atoms with Gasteiger partial charge in [0.1, 0.15) is 29.8 Å². The molecule has 1 aliphatic heterocycles. The van der Waals surface area contributed by atoms with Crippen molar-refractivity contribution in [2.24, 2.45) is 0 Å². The minimum Gasteiger partial charge on any atom is -0.489 e. The summed E-state index contributed by atoms with van der Waals surface area (Å²) in [5.41, 5.74) is 0.681. The number of aliphatic hydroxyl groups excluding tert-OH is 1. The van der Waals surface area contributed by atoms with E-state index in [1.165, 1.54) is 11.4 Å². The first-order chi connectivity index (χ1) is 12.6. The number of hydrogen-bond donors (Lipinski definition) is 1. The van der Waals surface area contributed by atoms with Gasteiger partial charge in [0, 0.05) is 12.6 Å². The maximum atomic E-state index is 12.1. The molecule has 7 heteroatoms. The monoisotopic (exact) mass is 391 g/mol. The van der Waals surface area contributed by atoms with E-state index < -0.39 is 27.8 Å². The van der Waals surface area contributed by atoms with Gasteiger partial charge in [-0.2, -0.15) is 4.31 Å². The van der Waals surface area contributed by atoms with Crippen LogP contribution >= 0.6 is 0 Å². The molecule has 2 aromatic carbocycles. The van der Waals surface area contributed by atoms with Crippen molar-refractivity contribution in [1.29, 1.82) is 0 Å². The topological polar surface area (TPSA) is 76.1 Å². The van der Waals surface area contributed by atoms with Crippen LogP contribution in [0, 0.1) is 0 Å². The SMILES string of the molecule is CN([C@@H]1c2cc(OCc3ccccc3)ccc2OC(C)(C)[C@H]1O)S(C)(=O)=O. The van der Waals surface area contributed by atoms with Gasteiger partial charge in [-0.25, -0.2) is 8.42 Å². The normalized spacial score (nSPS) is 21.4. The van der Waals surface area contributed by atoms with Crippen molar-refractivity contribution < 1.29 is 23.0 Å². The number of benzene rings is 2. The fraction of sp³-hybridized carbons (Fsp3) is 0.400. The van der Waals surface area contributed by atoms with Crippen molar-refractivity contribution in [3.8, 4) is 11.5 Å². The van der Waals surface area contributed by atoms with Crippen LogP contribution in [-0.2, 0) is 16.6 Å². The van der Waals surface area contributed by atoms with Crippen molar-refractivity contribution in [1.82, 2.24) is 4.31 Å². The molecule has 6 nitrogen and oxygen atoms in total. The van der Waals surface area contributed by atoms with E-state index in [0.717, 1.165) is 11.8 Å².